The van der Waals surface area contributed by atoms with Crippen LogP contribution in [-0.4, -0.2) is 16.2 Å². The number of aromatic amines is 1. The Kier molecular flexibility index (Phi) is 4.33. The Balaban J connectivity index is 2.63. The fraction of sp³-hybridized carbons (Fsp3) is 0.750. The molecule has 0 bridgehead atoms. The summed E-state index contributed by atoms with van der Waals surface area (Å²) in [6.07, 6.45) is 3.07. The van der Waals surface area contributed by atoms with Gasteiger partial charge < -0.3 is 5.73 Å². The first-order chi connectivity index (χ1) is 7.00. The molecular weight excluding hydrogens is 186 g/mol. The van der Waals surface area contributed by atoms with Crippen molar-refractivity contribution in [3.63, 3.8) is 0 Å². The standard InChI is InChI=1S/C12H23N3/c1-8(2)7-12-10(4)11(14-15-12)6-5-9(3)13/h8-9H,5-7,13H2,1-4H3,(H,14,15). The van der Waals surface area contributed by atoms with E-state index in [4.69, 9.17) is 5.73 Å². The predicted molar refractivity (Wildman–Crippen MR) is 63.8 cm³/mol. The number of nitrogens with zero attached hydrogens (tertiary/aromatic N) is 1. The summed E-state index contributed by atoms with van der Waals surface area (Å²) in [4.78, 5) is 0. The van der Waals surface area contributed by atoms with Crippen LogP contribution in [0.5, 0.6) is 0 Å². The molecule has 1 aromatic rings. The van der Waals surface area contributed by atoms with E-state index in [9.17, 15) is 0 Å². The van der Waals surface area contributed by atoms with Crippen LogP contribution in [-0.2, 0) is 12.8 Å². The van der Waals surface area contributed by atoms with Crippen LogP contribution in [0.25, 0.3) is 0 Å². The fourth-order valence-corrected chi connectivity index (χ4v) is 1.69. The fourth-order valence-electron chi connectivity index (χ4n) is 1.69. The van der Waals surface area contributed by atoms with Gasteiger partial charge in [0.05, 0.1) is 5.69 Å². The molecule has 3 heteroatoms. The van der Waals surface area contributed by atoms with E-state index < -0.39 is 0 Å². The van der Waals surface area contributed by atoms with Crippen LogP contribution in [0, 0.1) is 12.8 Å². The highest BCUT2D eigenvalue weighted by atomic mass is 15.1. The number of hydrogen-bond donors (Lipinski definition) is 2. The van der Waals surface area contributed by atoms with Gasteiger partial charge in [0.1, 0.15) is 0 Å². The molecule has 86 valence electrons. The Morgan fingerprint density at radius 2 is 2.00 bits per heavy atom. The number of H-pyrrole nitrogens is 1. The zero-order valence-corrected chi connectivity index (χ0v) is 10.3. The summed E-state index contributed by atoms with van der Waals surface area (Å²) < 4.78 is 0. The van der Waals surface area contributed by atoms with Gasteiger partial charge in [-0.15, -0.1) is 0 Å². The second-order valence-corrected chi connectivity index (χ2v) is 4.89. The quantitative estimate of drug-likeness (QED) is 0.781. The summed E-state index contributed by atoms with van der Waals surface area (Å²) in [7, 11) is 0. The van der Waals surface area contributed by atoms with Crippen molar-refractivity contribution in [2.24, 2.45) is 11.7 Å². The van der Waals surface area contributed by atoms with Crippen molar-refractivity contribution in [3.05, 3.63) is 17.0 Å². The van der Waals surface area contributed by atoms with E-state index in [1.54, 1.807) is 0 Å². The number of nitrogens with two attached hydrogens (primary N) is 1. The number of nitrogens with one attached hydrogen (secondary N) is 1. The van der Waals surface area contributed by atoms with E-state index in [1.807, 2.05) is 6.92 Å². The van der Waals surface area contributed by atoms with Gasteiger partial charge in [0, 0.05) is 11.7 Å². The topological polar surface area (TPSA) is 54.7 Å². The van der Waals surface area contributed by atoms with E-state index in [1.165, 1.54) is 17.0 Å². The van der Waals surface area contributed by atoms with Crippen molar-refractivity contribution < 1.29 is 0 Å². The van der Waals surface area contributed by atoms with Crippen LogP contribution < -0.4 is 5.73 Å². The molecular formula is C12H23N3. The Hall–Kier alpha value is -0.830. The molecule has 0 aliphatic carbocycles. The first-order valence-electron chi connectivity index (χ1n) is 5.79. The van der Waals surface area contributed by atoms with Crippen LogP contribution in [0.15, 0.2) is 0 Å². The van der Waals surface area contributed by atoms with Crippen LogP contribution in [0.2, 0.25) is 0 Å². The predicted octanol–water partition coefficient (Wildman–Crippen LogP) is 2.20. The summed E-state index contributed by atoms with van der Waals surface area (Å²) >= 11 is 0. The molecule has 0 spiro atoms. The van der Waals surface area contributed by atoms with Gasteiger partial charge in [-0.05, 0) is 44.6 Å². The van der Waals surface area contributed by atoms with E-state index >= 15 is 0 Å². The van der Waals surface area contributed by atoms with Crippen LogP contribution >= 0.6 is 0 Å². The molecule has 0 saturated heterocycles. The van der Waals surface area contributed by atoms with Gasteiger partial charge in [-0.1, -0.05) is 13.8 Å². The van der Waals surface area contributed by atoms with Crippen molar-refractivity contribution in [1.82, 2.24) is 10.2 Å². The monoisotopic (exact) mass is 209 g/mol. The van der Waals surface area contributed by atoms with Gasteiger partial charge >= 0.3 is 0 Å². The lowest BCUT2D eigenvalue weighted by Crippen LogP contribution is -2.15. The summed E-state index contributed by atoms with van der Waals surface area (Å²) in [5.41, 5.74) is 9.53. The molecule has 1 heterocycles. The average molecular weight is 209 g/mol. The minimum atomic E-state index is 0.259. The number of aryl methyl sites for hydroxylation is 1. The summed E-state index contributed by atoms with van der Waals surface area (Å²) in [6, 6.07) is 0.259. The Labute approximate surface area is 92.5 Å². The average Bonchev–Trinajstić information content (AvgIpc) is 2.44. The largest absolute Gasteiger partial charge is 0.328 e. The van der Waals surface area contributed by atoms with Gasteiger partial charge in [0.2, 0.25) is 0 Å². The number of aromatic nitrogens is 2. The zero-order chi connectivity index (χ0) is 11.4. The molecule has 1 aromatic heterocycles. The molecule has 15 heavy (non-hydrogen) atoms. The minimum absolute atomic E-state index is 0.259. The molecule has 1 atom stereocenters. The second-order valence-electron chi connectivity index (χ2n) is 4.89. The van der Waals surface area contributed by atoms with Crippen molar-refractivity contribution in [2.75, 3.05) is 0 Å². The molecule has 3 nitrogen and oxygen atoms in total. The van der Waals surface area contributed by atoms with Gasteiger partial charge in [-0.2, -0.15) is 5.10 Å². The van der Waals surface area contributed by atoms with Crippen molar-refractivity contribution in [3.8, 4) is 0 Å². The normalized spacial score (nSPS) is 13.5. The van der Waals surface area contributed by atoms with Crippen LogP contribution in [0.3, 0.4) is 0 Å². The highest BCUT2D eigenvalue weighted by molar-refractivity contribution is 5.24. The van der Waals surface area contributed by atoms with Crippen molar-refractivity contribution in [2.45, 2.75) is 53.0 Å². The maximum absolute atomic E-state index is 5.74. The van der Waals surface area contributed by atoms with Gasteiger partial charge in [-0.25, -0.2) is 0 Å². The molecule has 0 amide bonds. The van der Waals surface area contributed by atoms with E-state index in [2.05, 4.69) is 31.0 Å². The first-order valence-corrected chi connectivity index (χ1v) is 5.79. The highest BCUT2D eigenvalue weighted by Gasteiger charge is 2.10. The number of rotatable bonds is 5. The van der Waals surface area contributed by atoms with Crippen LogP contribution in [0.4, 0.5) is 0 Å². The van der Waals surface area contributed by atoms with E-state index in [0.29, 0.717) is 5.92 Å². The third kappa shape index (κ3) is 3.67. The molecule has 0 radical (unpaired) electrons. The van der Waals surface area contributed by atoms with Gasteiger partial charge in [-0.3, -0.25) is 5.10 Å². The molecule has 1 unspecified atom stereocenters. The molecule has 1 rings (SSSR count). The Morgan fingerprint density at radius 3 is 2.53 bits per heavy atom. The summed E-state index contributed by atoms with van der Waals surface area (Å²) in [6.45, 7) is 8.64. The lowest BCUT2D eigenvalue weighted by molar-refractivity contribution is 0.631. The summed E-state index contributed by atoms with van der Waals surface area (Å²) in [5, 5.41) is 7.50. The third-order valence-corrected chi connectivity index (χ3v) is 2.66. The van der Waals surface area contributed by atoms with Crippen LogP contribution in [0.1, 0.15) is 44.1 Å². The molecule has 3 N–H and O–H groups in total. The SMILES string of the molecule is Cc1c(CCC(C)N)n[nH]c1CC(C)C. The number of hydrogen-bond acceptors (Lipinski definition) is 2. The molecule has 0 fully saturated rings. The van der Waals surface area contributed by atoms with E-state index in [-0.39, 0.29) is 6.04 Å². The van der Waals surface area contributed by atoms with Crippen molar-refractivity contribution >= 4 is 0 Å². The van der Waals surface area contributed by atoms with E-state index in [0.717, 1.165) is 19.3 Å². The Morgan fingerprint density at radius 1 is 1.33 bits per heavy atom. The molecule has 0 aliphatic heterocycles. The summed E-state index contributed by atoms with van der Waals surface area (Å²) in [5.74, 6) is 0.672. The first kappa shape index (κ1) is 12.2. The zero-order valence-electron chi connectivity index (χ0n) is 10.3. The third-order valence-electron chi connectivity index (χ3n) is 2.66. The lowest BCUT2D eigenvalue weighted by atomic mass is 10.0. The Bertz CT molecular complexity index is 300. The highest BCUT2D eigenvalue weighted by Crippen LogP contribution is 2.15. The van der Waals surface area contributed by atoms with Gasteiger partial charge in [0.15, 0.2) is 0 Å². The second kappa shape index (κ2) is 5.31. The lowest BCUT2D eigenvalue weighted by Gasteiger charge is -2.04. The maximum atomic E-state index is 5.74. The van der Waals surface area contributed by atoms with Crippen molar-refractivity contribution in [1.29, 1.82) is 0 Å². The molecule has 0 aliphatic rings. The maximum Gasteiger partial charge on any atom is 0.0654 e. The molecule has 0 saturated carbocycles. The minimum Gasteiger partial charge on any atom is -0.328 e. The van der Waals surface area contributed by atoms with Gasteiger partial charge in [0.25, 0.3) is 0 Å². The molecule has 0 aromatic carbocycles. The smallest absolute Gasteiger partial charge is 0.0654 e.